The van der Waals surface area contributed by atoms with Crippen molar-refractivity contribution in [2.24, 2.45) is 0 Å². The fourth-order valence-electron chi connectivity index (χ4n) is 2.31. The summed E-state index contributed by atoms with van der Waals surface area (Å²) in [5.74, 6) is 0. The molecule has 0 aliphatic carbocycles. The minimum Gasteiger partial charge on any atom is -0.316 e. The summed E-state index contributed by atoms with van der Waals surface area (Å²) in [7, 11) is 0.536. The zero-order valence-electron chi connectivity index (χ0n) is 11.3. The second kappa shape index (κ2) is 6.32. The Balaban J connectivity index is 1.97. The van der Waals surface area contributed by atoms with E-state index in [1.807, 2.05) is 19.5 Å². The topological polar surface area (TPSA) is 61.4 Å². The quantitative estimate of drug-likeness (QED) is 0.817. The molecule has 0 amide bonds. The highest BCUT2D eigenvalue weighted by molar-refractivity contribution is 7.91. The first-order chi connectivity index (χ1) is 9.03. The van der Waals surface area contributed by atoms with Crippen molar-refractivity contribution in [1.29, 1.82) is 0 Å². The van der Waals surface area contributed by atoms with E-state index in [-0.39, 0.29) is 0 Å². The smallest absolute Gasteiger partial charge is 0.250 e. The second-order valence-corrected chi connectivity index (χ2v) is 7.84. The molecule has 1 atom stereocenters. The zero-order valence-corrected chi connectivity index (χ0v) is 13.0. The van der Waals surface area contributed by atoms with Gasteiger partial charge in [-0.05, 0) is 50.5 Å². The monoisotopic (exact) mass is 303 g/mol. The van der Waals surface area contributed by atoms with Crippen molar-refractivity contribution in [3.63, 3.8) is 0 Å². The van der Waals surface area contributed by atoms with E-state index in [0.29, 0.717) is 23.3 Å². The lowest BCUT2D eigenvalue weighted by Gasteiger charge is -2.19. The number of rotatable bonds is 6. The van der Waals surface area contributed by atoms with Gasteiger partial charge in [-0.2, -0.15) is 0 Å². The van der Waals surface area contributed by atoms with Gasteiger partial charge in [0.15, 0.2) is 0 Å². The van der Waals surface area contributed by atoms with Crippen molar-refractivity contribution in [1.82, 2.24) is 14.9 Å². The molecule has 1 saturated heterocycles. The molecule has 7 heteroatoms. The summed E-state index contributed by atoms with van der Waals surface area (Å²) in [4.78, 5) is 2.21. The highest BCUT2D eigenvalue weighted by Crippen LogP contribution is 2.21. The van der Waals surface area contributed by atoms with Crippen molar-refractivity contribution in [2.75, 3.05) is 27.2 Å². The first-order valence-electron chi connectivity index (χ1n) is 6.45. The molecule has 0 radical (unpaired) electrons. The maximum absolute atomic E-state index is 12.2. The third-order valence-corrected chi connectivity index (χ3v) is 6.37. The van der Waals surface area contributed by atoms with E-state index >= 15 is 0 Å². The van der Waals surface area contributed by atoms with E-state index < -0.39 is 10.0 Å². The van der Waals surface area contributed by atoms with Crippen LogP contribution < -0.4 is 10.0 Å². The number of thiophene rings is 1. The SMILES string of the molecule is CNCc1csc(S(=O)(=O)NCC2CCCN2C)c1. The molecule has 0 aromatic carbocycles. The maximum atomic E-state index is 12.2. The van der Waals surface area contributed by atoms with Crippen LogP contribution in [0.15, 0.2) is 15.7 Å². The summed E-state index contributed by atoms with van der Waals surface area (Å²) in [6.45, 7) is 2.24. The van der Waals surface area contributed by atoms with Crippen molar-refractivity contribution < 1.29 is 8.42 Å². The van der Waals surface area contributed by atoms with Crippen LogP contribution in [0.3, 0.4) is 0 Å². The lowest BCUT2D eigenvalue weighted by molar-refractivity contribution is 0.311. The minimum atomic E-state index is -3.35. The van der Waals surface area contributed by atoms with E-state index in [0.717, 1.165) is 24.9 Å². The van der Waals surface area contributed by atoms with Crippen LogP contribution in [0, 0.1) is 0 Å². The minimum absolute atomic E-state index is 0.325. The molecule has 2 N–H and O–H groups in total. The van der Waals surface area contributed by atoms with Gasteiger partial charge in [0.1, 0.15) is 4.21 Å². The van der Waals surface area contributed by atoms with Crippen LogP contribution in [0.4, 0.5) is 0 Å². The Kier molecular flexibility index (Phi) is 4.97. The van der Waals surface area contributed by atoms with E-state index in [1.54, 1.807) is 6.07 Å². The standard InChI is InChI=1S/C12H21N3O2S2/c1-13-7-10-6-12(18-9-10)19(16,17)14-8-11-4-3-5-15(11)2/h6,9,11,13-14H,3-5,7-8H2,1-2H3. The molecular formula is C12H21N3O2S2. The van der Waals surface area contributed by atoms with Gasteiger partial charge in [0.05, 0.1) is 0 Å². The van der Waals surface area contributed by atoms with Gasteiger partial charge >= 0.3 is 0 Å². The van der Waals surface area contributed by atoms with Crippen molar-refractivity contribution in [3.05, 3.63) is 17.0 Å². The normalized spacial score (nSPS) is 21.1. The Bertz CT molecular complexity index is 513. The summed E-state index contributed by atoms with van der Waals surface area (Å²) in [6.07, 6.45) is 2.21. The Morgan fingerprint density at radius 2 is 2.32 bits per heavy atom. The first-order valence-corrected chi connectivity index (χ1v) is 8.81. The largest absolute Gasteiger partial charge is 0.316 e. The van der Waals surface area contributed by atoms with Crippen LogP contribution in [0.5, 0.6) is 0 Å². The molecule has 1 aromatic heterocycles. The highest BCUT2D eigenvalue weighted by atomic mass is 32.2. The molecule has 5 nitrogen and oxygen atoms in total. The van der Waals surface area contributed by atoms with Crippen molar-refractivity contribution in [2.45, 2.75) is 29.6 Å². The number of sulfonamides is 1. The van der Waals surface area contributed by atoms with Gasteiger partial charge in [-0.15, -0.1) is 11.3 Å². The lowest BCUT2D eigenvalue weighted by atomic mass is 10.2. The molecule has 108 valence electrons. The molecule has 1 unspecified atom stereocenters. The summed E-state index contributed by atoms with van der Waals surface area (Å²) < 4.78 is 27.5. The molecule has 19 heavy (non-hydrogen) atoms. The average Bonchev–Trinajstić information content (AvgIpc) is 2.97. The fourth-order valence-corrected chi connectivity index (χ4v) is 4.63. The Morgan fingerprint density at radius 1 is 1.53 bits per heavy atom. The maximum Gasteiger partial charge on any atom is 0.250 e. The van der Waals surface area contributed by atoms with Crippen LogP contribution in [0.2, 0.25) is 0 Å². The van der Waals surface area contributed by atoms with Crippen LogP contribution in [-0.2, 0) is 16.6 Å². The summed E-state index contributed by atoms with van der Waals surface area (Å²) >= 11 is 1.28. The van der Waals surface area contributed by atoms with Crippen LogP contribution in [0.25, 0.3) is 0 Å². The molecule has 2 heterocycles. The summed E-state index contributed by atoms with van der Waals surface area (Å²) in [6, 6.07) is 2.06. The lowest BCUT2D eigenvalue weighted by Crippen LogP contribution is -2.37. The molecule has 0 spiro atoms. The fraction of sp³-hybridized carbons (Fsp3) is 0.667. The van der Waals surface area contributed by atoms with Crippen LogP contribution >= 0.6 is 11.3 Å². The van der Waals surface area contributed by atoms with Crippen molar-refractivity contribution >= 4 is 21.4 Å². The second-order valence-electron chi connectivity index (χ2n) is 4.93. The number of nitrogens with one attached hydrogen (secondary N) is 2. The molecule has 1 aliphatic rings. The van der Waals surface area contributed by atoms with Gasteiger partial charge in [-0.1, -0.05) is 0 Å². The van der Waals surface area contributed by atoms with Crippen molar-refractivity contribution in [3.8, 4) is 0 Å². The van der Waals surface area contributed by atoms with Gasteiger partial charge in [0, 0.05) is 19.1 Å². The Labute approximate surface area is 119 Å². The number of nitrogens with zero attached hydrogens (tertiary/aromatic N) is 1. The number of hydrogen-bond donors (Lipinski definition) is 2. The van der Waals surface area contributed by atoms with Gasteiger partial charge in [0.25, 0.3) is 0 Å². The number of likely N-dealkylation sites (tertiary alicyclic amines) is 1. The molecular weight excluding hydrogens is 282 g/mol. The van der Waals surface area contributed by atoms with Crippen LogP contribution in [-0.4, -0.2) is 46.5 Å². The molecule has 2 rings (SSSR count). The summed E-state index contributed by atoms with van der Waals surface area (Å²) in [5, 5.41) is 4.90. The Morgan fingerprint density at radius 3 is 2.95 bits per heavy atom. The molecule has 1 aromatic rings. The van der Waals surface area contributed by atoms with E-state index in [1.165, 1.54) is 11.3 Å². The number of likely N-dealkylation sites (N-methyl/N-ethyl adjacent to an activating group) is 1. The number of hydrogen-bond acceptors (Lipinski definition) is 5. The predicted molar refractivity (Wildman–Crippen MR) is 77.9 cm³/mol. The molecule has 0 saturated carbocycles. The molecule has 0 bridgehead atoms. The van der Waals surface area contributed by atoms with E-state index in [2.05, 4.69) is 14.9 Å². The molecule has 1 fully saturated rings. The van der Waals surface area contributed by atoms with Gasteiger partial charge in [-0.3, -0.25) is 0 Å². The third kappa shape index (κ3) is 3.76. The Hall–Kier alpha value is -0.470. The van der Waals surface area contributed by atoms with Crippen LogP contribution in [0.1, 0.15) is 18.4 Å². The molecule has 1 aliphatic heterocycles. The highest BCUT2D eigenvalue weighted by Gasteiger charge is 2.24. The van der Waals surface area contributed by atoms with Gasteiger partial charge < -0.3 is 10.2 Å². The van der Waals surface area contributed by atoms with E-state index in [9.17, 15) is 8.42 Å². The first kappa shape index (κ1) is 14.9. The average molecular weight is 303 g/mol. The predicted octanol–water partition coefficient (Wildman–Crippen LogP) is 0.840. The van der Waals surface area contributed by atoms with E-state index in [4.69, 9.17) is 0 Å². The summed E-state index contributed by atoms with van der Waals surface area (Å²) in [5.41, 5.74) is 1.01. The zero-order chi connectivity index (χ0) is 13.9. The van der Waals surface area contributed by atoms with Gasteiger partial charge in [-0.25, -0.2) is 13.1 Å². The van der Waals surface area contributed by atoms with Gasteiger partial charge in [0.2, 0.25) is 10.0 Å². The third-order valence-electron chi connectivity index (χ3n) is 3.46.